The van der Waals surface area contributed by atoms with Crippen molar-refractivity contribution in [3.8, 4) is 5.75 Å². The highest BCUT2D eigenvalue weighted by Gasteiger charge is 2.31. The summed E-state index contributed by atoms with van der Waals surface area (Å²) in [4.78, 5) is 25.0. The van der Waals surface area contributed by atoms with Crippen LogP contribution in [0.25, 0.3) is 0 Å². The zero-order chi connectivity index (χ0) is 17.0. The molecule has 1 heterocycles. The Bertz CT molecular complexity index is 562. The van der Waals surface area contributed by atoms with Crippen LogP contribution < -0.4 is 4.74 Å². The Morgan fingerprint density at radius 1 is 1.30 bits per heavy atom. The predicted octanol–water partition coefficient (Wildman–Crippen LogP) is 2.40. The van der Waals surface area contributed by atoms with Gasteiger partial charge in [0.2, 0.25) is 5.91 Å². The molecular weight excluding hydrogens is 308 g/mol. The molecule has 1 aromatic rings. The number of amides is 1. The van der Waals surface area contributed by atoms with Crippen LogP contribution in [0.2, 0.25) is 0 Å². The Hall–Kier alpha value is -2.18. The minimum atomic E-state index is -2.88. The van der Waals surface area contributed by atoms with Gasteiger partial charge in [0.15, 0.2) is 0 Å². The Morgan fingerprint density at radius 3 is 2.52 bits per heavy atom. The van der Waals surface area contributed by atoms with E-state index in [2.05, 4.69) is 4.74 Å². The van der Waals surface area contributed by atoms with Crippen molar-refractivity contribution in [2.45, 2.75) is 26.4 Å². The summed E-state index contributed by atoms with van der Waals surface area (Å²) in [5.74, 6) is -1.41. The molecule has 0 saturated carbocycles. The first kappa shape index (κ1) is 17.2. The molecule has 1 aliphatic rings. The Morgan fingerprint density at radius 2 is 1.96 bits per heavy atom. The molecule has 23 heavy (non-hydrogen) atoms. The van der Waals surface area contributed by atoms with Crippen molar-refractivity contribution >= 4 is 11.9 Å². The number of hydrogen-bond donors (Lipinski definition) is 1. The molecule has 0 aliphatic carbocycles. The number of carboxylic acid groups (broad SMARTS) is 1. The summed E-state index contributed by atoms with van der Waals surface area (Å²) in [6, 6.07) is 5.87. The number of carboxylic acids is 1. The van der Waals surface area contributed by atoms with E-state index < -0.39 is 18.5 Å². The number of nitrogens with zero attached hydrogens (tertiary/aromatic N) is 1. The first-order chi connectivity index (χ1) is 10.8. The fraction of sp³-hybridized carbons (Fsp3) is 0.500. The van der Waals surface area contributed by atoms with E-state index in [9.17, 15) is 18.4 Å². The number of rotatable bonds is 5. The quantitative estimate of drug-likeness (QED) is 0.902. The minimum absolute atomic E-state index is 0.0359. The summed E-state index contributed by atoms with van der Waals surface area (Å²) in [7, 11) is 0. The lowest BCUT2D eigenvalue weighted by Gasteiger charge is -2.34. The van der Waals surface area contributed by atoms with Gasteiger partial charge in [0.05, 0.1) is 12.3 Å². The normalized spacial score (nSPS) is 21.3. The Labute approximate surface area is 132 Å². The van der Waals surface area contributed by atoms with Crippen LogP contribution in [-0.2, 0) is 16.0 Å². The van der Waals surface area contributed by atoms with Gasteiger partial charge in [0.25, 0.3) is 0 Å². The number of halogens is 2. The Balaban J connectivity index is 1.96. The van der Waals surface area contributed by atoms with Crippen LogP contribution in [0.1, 0.15) is 18.9 Å². The van der Waals surface area contributed by atoms with E-state index in [1.165, 1.54) is 12.1 Å². The monoisotopic (exact) mass is 327 g/mol. The number of hydrogen-bond acceptors (Lipinski definition) is 3. The second-order valence-corrected chi connectivity index (χ2v) is 5.87. The summed E-state index contributed by atoms with van der Waals surface area (Å²) in [5.41, 5.74) is 0.668. The molecule has 0 radical (unpaired) electrons. The molecule has 2 atom stereocenters. The maximum absolute atomic E-state index is 12.3. The zero-order valence-corrected chi connectivity index (χ0v) is 12.7. The van der Waals surface area contributed by atoms with Gasteiger partial charge < -0.3 is 14.7 Å². The van der Waals surface area contributed by atoms with Crippen molar-refractivity contribution in [3.63, 3.8) is 0 Å². The molecule has 1 amide bonds. The molecular formula is C16H19F2NO4. The van der Waals surface area contributed by atoms with Crippen molar-refractivity contribution in [3.05, 3.63) is 29.8 Å². The summed E-state index contributed by atoms with van der Waals surface area (Å²) >= 11 is 0. The second kappa shape index (κ2) is 7.39. The average molecular weight is 327 g/mol. The number of benzene rings is 1. The van der Waals surface area contributed by atoms with Crippen LogP contribution >= 0.6 is 0 Å². The fourth-order valence-corrected chi connectivity index (χ4v) is 2.81. The highest BCUT2D eigenvalue weighted by molar-refractivity contribution is 5.80. The summed E-state index contributed by atoms with van der Waals surface area (Å²) in [6.07, 6.45) is 0.673. The number of likely N-dealkylation sites (tertiary alicyclic amines) is 1. The fourth-order valence-electron chi connectivity index (χ4n) is 2.81. The van der Waals surface area contributed by atoms with Crippen LogP contribution in [0.15, 0.2) is 24.3 Å². The van der Waals surface area contributed by atoms with Crippen molar-refractivity contribution in [2.24, 2.45) is 11.8 Å². The standard InChI is InChI=1S/C16H19F2NO4/c1-10-6-12(15(21)22)9-19(8-10)14(20)7-11-2-4-13(5-3-11)23-16(17)18/h2-5,10,12,16H,6-9H2,1H3,(H,21,22). The van der Waals surface area contributed by atoms with Gasteiger partial charge in [-0.25, -0.2) is 0 Å². The molecule has 1 N–H and O–H groups in total. The molecule has 0 spiro atoms. The zero-order valence-electron chi connectivity index (χ0n) is 12.7. The maximum Gasteiger partial charge on any atom is 0.387 e. The molecule has 1 aliphatic heterocycles. The summed E-state index contributed by atoms with van der Waals surface area (Å²) in [5, 5.41) is 9.13. The number of piperidine rings is 1. The minimum Gasteiger partial charge on any atom is -0.481 e. The van der Waals surface area contributed by atoms with Gasteiger partial charge >= 0.3 is 12.6 Å². The van der Waals surface area contributed by atoms with E-state index in [1.54, 1.807) is 17.0 Å². The van der Waals surface area contributed by atoms with Gasteiger partial charge in [-0.15, -0.1) is 0 Å². The average Bonchev–Trinajstić information content (AvgIpc) is 2.48. The molecule has 5 nitrogen and oxygen atoms in total. The number of ether oxygens (including phenoxy) is 1. The third kappa shape index (κ3) is 4.91. The molecule has 0 aromatic heterocycles. The maximum atomic E-state index is 12.3. The first-order valence-corrected chi connectivity index (χ1v) is 7.39. The number of carbonyl (C=O) groups is 2. The molecule has 0 bridgehead atoms. The lowest BCUT2D eigenvalue weighted by atomic mass is 9.90. The van der Waals surface area contributed by atoms with Crippen molar-refractivity contribution in [2.75, 3.05) is 13.1 Å². The molecule has 2 rings (SSSR count). The van der Waals surface area contributed by atoms with E-state index in [0.29, 0.717) is 18.5 Å². The van der Waals surface area contributed by atoms with E-state index in [0.717, 1.165) is 0 Å². The van der Waals surface area contributed by atoms with Crippen molar-refractivity contribution in [1.29, 1.82) is 0 Å². The molecule has 1 aromatic carbocycles. The highest BCUT2D eigenvalue weighted by Crippen LogP contribution is 2.23. The van der Waals surface area contributed by atoms with Crippen molar-refractivity contribution < 1.29 is 28.2 Å². The van der Waals surface area contributed by atoms with Gasteiger partial charge in [-0.3, -0.25) is 9.59 Å². The van der Waals surface area contributed by atoms with E-state index in [-0.39, 0.29) is 30.5 Å². The van der Waals surface area contributed by atoms with Crippen LogP contribution in [0.5, 0.6) is 5.75 Å². The van der Waals surface area contributed by atoms with E-state index in [4.69, 9.17) is 5.11 Å². The van der Waals surface area contributed by atoms with Gasteiger partial charge in [-0.05, 0) is 30.0 Å². The SMILES string of the molecule is CC1CC(C(=O)O)CN(C(=O)Cc2ccc(OC(F)F)cc2)C1. The van der Waals surface area contributed by atoms with Gasteiger partial charge in [-0.1, -0.05) is 19.1 Å². The molecule has 126 valence electrons. The smallest absolute Gasteiger partial charge is 0.387 e. The van der Waals surface area contributed by atoms with Gasteiger partial charge in [0.1, 0.15) is 5.75 Å². The molecule has 2 unspecified atom stereocenters. The Kier molecular flexibility index (Phi) is 5.52. The van der Waals surface area contributed by atoms with Gasteiger partial charge in [0, 0.05) is 13.1 Å². The van der Waals surface area contributed by atoms with Crippen LogP contribution in [0.3, 0.4) is 0 Å². The van der Waals surface area contributed by atoms with Crippen molar-refractivity contribution in [1.82, 2.24) is 4.90 Å². The number of aliphatic carboxylic acids is 1. The van der Waals surface area contributed by atoms with Crippen LogP contribution in [0, 0.1) is 11.8 Å². The number of alkyl halides is 2. The van der Waals surface area contributed by atoms with Crippen LogP contribution in [-0.4, -0.2) is 41.6 Å². The third-order valence-corrected chi connectivity index (χ3v) is 3.87. The lowest BCUT2D eigenvalue weighted by Crippen LogP contribution is -2.46. The predicted molar refractivity (Wildman–Crippen MR) is 78.3 cm³/mol. The summed E-state index contributed by atoms with van der Waals surface area (Å²) in [6.45, 7) is -0.211. The highest BCUT2D eigenvalue weighted by atomic mass is 19.3. The van der Waals surface area contributed by atoms with E-state index >= 15 is 0 Å². The first-order valence-electron chi connectivity index (χ1n) is 7.39. The summed E-state index contributed by atoms with van der Waals surface area (Å²) < 4.78 is 28.4. The molecule has 7 heteroatoms. The lowest BCUT2D eigenvalue weighted by molar-refractivity contribution is -0.146. The second-order valence-electron chi connectivity index (χ2n) is 5.87. The molecule has 1 saturated heterocycles. The number of carbonyl (C=O) groups excluding carboxylic acids is 1. The van der Waals surface area contributed by atoms with Crippen LogP contribution in [0.4, 0.5) is 8.78 Å². The third-order valence-electron chi connectivity index (χ3n) is 3.87. The van der Waals surface area contributed by atoms with E-state index in [1.807, 2.05) is 6.92 Å². The topological polar surface area (TPSA) is 66.8 Å². The molecule has 1 fully saturated rings. The largest absolute Gasteiger partial charge is 0.481 e. The van der Waals surface area contributed by atoms with Gasteiger partial charge in [-0.2, -0.15) is 8.78 Å².